The monoisotopic (exact) mass is 410 g/mol. The van der Waals surface area contributed by atoms with Crippen molar-refractivity contribution in [1.29, 1.82) is 0 Å². The number of likely N-dealkylation sites (N-methyl/N-ethyl adjacent to an activating group) is 1. The Morgan fingerprint density at radius 3 is 2.05 bits per heavy atom. The predicted octanol–water partition coefficient (Wildman–Crippen LogP) is 3.16. The van der Waals surface area contributed by atoms with Crippen LogP contribution in [0, 0.1) is 5.92 Å². The second kappa shape index (κ2) is 11.5. The van der Waals surface area contributed by atoms with Gasteiger partial charge < -0.3 is 15.5 Å². The molecule has 1 aliphatic rings. The second-order valence-electron chi connectivity index (χ2n) is 6.21. The molecule has 0 radical (unpaired) electrons. The third-order valence-corrected chi connectivity index (χ3v) is 4.63. The van der Waals surface area contributed by atoms with Crippen LogP contribution < -0.4 is 5.73 Å². The van der Waals surface area contributed by atoms with Gasteiger partial charge in [-0.1, -0.05) is 39.5 Å². The lowest BCUT2D eigenvalue weighted by Gasteiger charge is -2.30. The van der Waals surface area contributed by atoms with Crippen LogP contribution in [0.5, 0.6) is 0 Å². The zero-order valence-electron chi connectivity index (χ0n) is 14.3. The van der Waals surface area contributed by atoms with Crippen LogP contribution in [-0.2, 0) is 0 Å². The number of aliphatic imine (C=N–C) groups is 1. The van der Waals surface area contributed by atoms with Gasteiger partial charge in [0.05, 0.1) is 6.54 Å². The molecule has 4 nitrogen and oxygen atoms in total. The predicted molar refractivity (Wildman–Crippen MR) is 103 cm³/mol. The highest BCUT2D eigenvalue weighted by Crippen LogP contribution is 2.17. The van der Waals surface area contributed by atoms with E-state index in [1.165, 1.54) is 38.5 Å². The fourth-order valence-electron chi connectivity index (χ4n) is 3.15. The van der Waals surface area contributed by atoms with E-state index in [2.05, 4.69) is 37.7 Å². The van der Waals surface area contributed by atoms with Crippen LogP contribution in [0.3, 0.4) is 0 Å². The first-order valence-corrected chi connectivity index (χ1v) is 8.31. The summed E-state index contributed by atoms with van der Waals surface area (Å²) in [6, 6.07) is 0.496. The van der Waals surface area contributed by atoms with Crippen molar-refractivity contribution < 1.29 is 0 Å². The normalized spacial score (nSPS) is 18.6. The average molecular weight is 410 g/mol. The summed E-state index contributed by atoms with van der Waals surface area (Å²) in [5.41, 5.74) is 6.21. The molecule has 1 heterocycles. The Hall–Kier alpha value is -0.0400. The number of nitrogens with two attached hydrogens (primary N) is 1. The smallest absolute Gasteiger partial charge is 0.191 e. The highest BCUT2D eigenvalue weighted by Gasteiger charge is 2.20. The first kappa shape index (κ1) is 21.0. The summed E-state index contributed by atoms with van der Waals surface area (Å²) in [5.74, 6) is 1.45. The summed E-state index contributed by atoms with van der Waals surface area (Å²) in [6.45, 7) is 7.51. The Morgan fingerprint density at radius 1 is 1.10 bits per heavy atom. The van der Waals surface area contributed by atoms with Gasteiger partial charge in [-0.15, -0.1) is 24.0 Å². The van der Waals surface area contributed by atoms with E-state index in [-0.39, 0.29) is 24.0 Å². The van der Waals surface area contributed by atoms with E-state index in [9.17, 15) is 0 Å². The average Bonchev–Trinajstić information content (AvgIpc) is 2.71. The van der Waals surface area contributed by atoms with E-state index in [4.69, 9.17) is 10.7 Å². The van der Waals surface area contributed by atoms with Gasteiger partial charge in [0.2, 0.25) is 0 Å². The third-order valence-electron chi connectivity index (χ3n) is 4.63. The number of hydrogen-bond acceptors (Lipinski definition) is 2. The number of hydrogen-bond donors (Lipinski definition) is 1. The second-order valence-corrected chi connectivity index (χ2v) is 6.21. The SMILES string of the molecule is CCC(CC)C(CN=C(N)N1CCCCCC1)N(C)C.I. The molecular weight excluding hydrogens is 375 g/mol. The summed E-state index contributed by atoms with van der Waals surface area (Å²) in [5, 5.41) is 0. The first-order valence-electron chi connectivity index (χ1n) is 8.31. The molecule has 0 aliphatic carbocycles. The summed E-state index contributed by atoms with van der Waals surface area (Å²) >= 11 is 0. The van der Waals surface area contributed by atoms with Gasteiger partial charge >= 0.3 is 0 Å². The molecule has 0 bridgehead atoms. The fraction of sp³-hybridized carbons (Fsp3) is 0.938. The van der Waals surface area contributed by atoms with Crippen molar-refractivity contribution in [3.05, 3.63) is 0 Å². The topological polar surface area (TPSA) is 44.9 Å². The molecule has 1 fully saturated rings. The lowest BCUT2D eigenvalue weighted by Crippen LogP contribution is -2.41. The van der Waals surface area contributed by atoms with Crippen LogP contribution in [0.1, 0.15) is 52.4 Å². The highest BCUT2D eigenvalue weighted by molar-refractivity contribution is 14.0. The summed E-state index contributed by atoms with van der Waals surface area (Å²) in [7, 11) is 4.31. The van der Waals surface area contributed by atoms with Crippen molar-refractivity contribution in [1.82, 2.24) is 9.80 Å². The van der Waals surface area contributed by atoms with Gasteiger partial charge in [0, 0.05) is 19.1 Å². The molecule has 0 aromatic heterocycles. The van der Waals surface area contributed by atoms with Crippen molar-refractivity contribution in [2.45, 2.75) is 58.4 Å². The number of halogens is 1. The standard InChI is InChI=1S/C16H34N4.HI/c1-5-14(6-2)15(19(3)4)13-18-16(17)20-11-9-7-8-10-12-20;/h14-15H,5-13H2,1-4H3,(H2,17,18);1H. The highest BCUT2D eigenvalue weighted by atomic mass is 127. The Bertz CT molecular complexity index is 282. The van der Waals surface area contributed by atoms with Crippen LogP contribution >= 0.6 is 24.0 Å². The van der Waals surface area contributed by atoms with E-state index in [0.717, 1.165) is 25.6 Å². The molecule has 1 rings (SSSR count). The molecule has 0 aromatic rings. The van der Waals surface area contributed by atoms with Crippen molar-refractivity contribution in [2.75, 3.05) is 33.7 Å². The molecule has 0 aromatic carbocycles. The minimum absolute atomic E-state index is 0. The number of guanidine groups is 1. The van der Waals surface area contributed by atoms with E-state index < -0.39 is 0 Å². The van der Waals surface area contributed by atoms with E-state index in [1.807, 2.05) is 0 Å². The zero-order valence-corrected chi connectivity index (χ0v) is 16.7. The molecule has 1 atom stereocenters. The quantitative estimate of drug-likeness (QED) is 0.416. The molecular formula is C16H35IN4. The number of rotatable bonds is 6. The molecule has 0 saturated carbocycles. The first-order chi connectivity index (χ1) is 9.60. The van der Waals surface area contributed by atoms with Gasteiger partial charge in [0.25, 0.3) is 0 Å². The maximum Gasteiger partial charge on any atom is 0.191 e. The Morgan fingerprint density at radius 2 is 1.62 bits per heavy atom. The maximum atomic E-state index is 6.21. The van der Waals surface area contributed by atoms with Crippen molar-refractivity contribution >= 4 is 29.9 Å². The summed E-state index contributed by atoms with van der Waals surface area (Å²) in [4.78, 5) is 9.28. The third kappa shape index (κ3) is 7.17. The lowest BCUT2D eigenvalue weighted by atomic mass is 9.93. The van der Waals surface area contributed by atoms with Gasteiger partial charge in [-0.3, -0.25) is 4.99 Å². The fourth-order valence-corrected chi connectivity index (χ4v) is 3.15. The van der Waals surface area contributed by atoms with E-state index in [1.54, 1.807) is 0 Å². The lowest BCUT2D eigenvalue weighted by molar-refractivity contribution is 0.205. The van der Waals surface area contributed by atoms with E-state index >= 15 is 0 Å². The number of nitrogens with zero attached hydrogens (tertiary/aromatic N) is 3. The molecule has 1 aliphatic heterocycles. The van der Waals surface area contributed by atoms with Gasteiger partial charge in [0.1, 0.15) is 0 Å². The van der Waals surface area contributed by atoms with Crippen LogP contribution in [0.25, 0.3) is 0 Å². The van der Waals surface area contributed by atoms with Crippen LogP contribution in [0.4, 0.5) is 0 Å². The van der Waals surface area contributed by atoms with Crippen molar-refractivity contribution in [3.63, 3.8) is 0 Å². The summed E-state index contributed by atoms with van der Waals surface area (Å²) < 4.78 is 0. The van der Waals surface area contributed by atoms with Crippen LogP contribution in [0.15, 0.2) is 4.99 Å². The van der Waals surface area contributed by atoms with Gasteiger partial charge in [-0.05, 0) is 32.9 Å². The zero-order chi connectivity index (χ0) is 15.0. The maximum absolute atomic E-state index is 6.21. The minimum Gasteiger partial charge on any atom is -0.370 e. The molecule has 126 valence electrons. The molecule has 21 heavy (non-hydrogen) atoms. The van der Waals surface area contributed by atoms with Crippen LogP contribution in [0.2, 0.25) is 0 Å². The Kier molecular flexibility index (Phi) is 11.5. The Balaban J connectivity index is 0.00000400. The van der Waals surface area contributed by atoms with Gasteiger partial charge in [-0.2, -0.15) is 0 Å². The van der Waals surface area contributed by atoms with Crippen LogP contribution in [-0.4, -0.2) is 55.5 Å². The van der Waals surface area contributed by atoms with E-state index in [0.29, 0.717) is 12.0 Å². The molecule has 5 heteroatoms. The van der Waals surface area contributed by atoms with Gasteiger partial charge in [-0.25, -0.2) is 0 Å². The van der Waals surface area contributed by atoms with Crippen molar-refractivity contribution in [2.24, 2.45) is 16.6 Å². The molecule has 1 unspecified atom stereocenters. The molecule has 0 amide bonds. The summed E-state index contributed by atoms with van der Waals surface area (Å²) in [6.07, 6.45) is 7.58. The molecule has 0 spiro atoms. The largest absolute Gasteiger partial charge is 0.370 e. The molecule has 2 N–H and O–H groups in total. The van der Waals surface area contributed by atoms with Crippen molar-refractivity contribution in [3.8, 4) is 0 Å². The minimum atomic E-state index is 0. The number of likely N-dealkylation sites (tertiary alicyclic amines) is 1. The Labute approximate surface area is 148 Å². The van der Waals surface area contributed by atoms with Gasteiger partial charge in [0.15, 0.2) is 5.96 Å². The molecule has 1 saturated heterocycles.